The number of aromatic nitrogens is 1. The Morgan fingerprint density at radius 1 is 1.47 bits per heavy atom. The van der Waals surface area contributed by atoms with Crippen molar-refractivity contribution in [2.45, 2.75) is 33.2 Å². The molecule has 1 rings (SSSR count). The van der Waals surface area contributed by atoms with E-state index in [1.807, 2.05) is 39.8 Å². The second-order valence-electron chi connectivity index (χ2n) is 4.41. The van der Waals surface area contributed by atoms with Crippen molar-refractivity contribution in [2.75, 3.05) is 0 Å². The Bertz CT molecular complexity index is 363. The lowest BCUT2D eigenvalue weighted by Gasteiger charge is -2.16. The number of nitrogens with one attached hydrogen (secondary N) is 1. The van der Waals surface area contributed by atoms with Crippen LogP contribution in [0.15, 0.2) is 23.3 Å². The molecule has 0 saturated heterocycles. The number of hydrogen-bond donors (Lipinski definition) is 2. The summed E-state index contributed by atoms with van der Waals surface area (Å²) < 4.78 is 0. The topological polar surface area (TPSA) is 63.3 Å². The van der Waals surface area contributed by atoms with Gasteiger partial charge in [-0.2, -0.15) is 0 Å². The molecule has 3 N–H and O–H groups in total. The summed E-state index contributed by atoms with van der Waals surface area (Å²) in [6, 6.07) is 3.82. The van der Waals surface area contributed by atoms with Crippen LogP contribution in [-0.2, 0) is 0 Å². The van der Waals surface area contributed by atoms with Gasteiger partial charge in [-0.15, -0.1) is 0 Å². The summed E-state index contributed by atoms with van der Waals surface area (Å²) in [5.41, 5.74) is 4.32. The highest BCUT2D eigenvalue weighted by Gasteiger charge is 2.12. The summed E-state index contributed by atoms with van der Waals surface area (Å²) in [6.45, 7) is 8.01. The van der Waals surface area contributed by atoms with Crippen LogP contribution in [-0.4, -0.2) is 16.4 Å². The lowest BCUT2D eigenvalue weighted by molar-refractivity contribution is 0.580. The number of rotatable bonds is 1. The van der Waals surface area contributed by atoms with Gasteiger partial charge in [0.05, 0.1) is 5.54 Å². The lowest BCUT2D eigenvalue weighted by atomic mass is 10.1. The van der Waals surface area contributed by atoms with Crippen LogP contribution in [0.3, 0.4) is 0 Å². The second kappa shape index (κ2) is 4.40. The number of nitrogens with zero attached hydrogens (tertiary/aromatic N) is 2. The summed E-state index contributed by atoms with van der Waals surface area (Å²) in [7, 11) is 0. The molecule has 15 heavy (non-hydrogen) atoms. The van der Waals surface area contributed by atoms with Crippen LogP contribution in [0.2, 0.25) is 0 Å². The SMILES string of the molecule is Cc1ncccc1C(=NC(C)(C)C)NN. The maximum Gasteiger partial charge on any atom is 0.144 e. The Balaban J connectivity index is 3.14. The van der Waals surface area contributed by atoms with Crippen LogP contribution in [0.25, 0.3) is 0 Å². The van der Waals surface area contributed by atoms with Gasteiger partial charge in [0.25, 0.3) is 0 Å². The van der Waals surface area contributed by atoms with E-state index in [0.29, 0.717) is 5.84 Å². The molecule has 0 fully saturated rings. The molecule has 0 aliphatic rings. The van der Waals surface area contributed by atoms with E-state index in [1.54, 1.807) is 6.20 Å². The molecule has 1 heterocycles. The van der Waals surface area contributed by atoms with Gasteiger partial charge in [0.2, 0.25) is 0 Å². The third-order valence-corrected chi connectivity index (χ3v) is 1.85. The van der Waals surface area contributed by atoms with E-state index in [9.17, 15) is 0 Å². The van der Waals surface area contributed by atoms with Gasteiger partial charge in [0, 0.05) is 17.5 Å². The van der Waals surface area contributed by atoms with Gasteiger partial charge in [-0.05, 0) is 39.8 Å². The third kappa shape index (κ3) is 3.32. The molecule has 4 heteroatoms. The van der Waals surface area contributed by atoms with Gasteiger partial charge in [-0.1, -0.05) is 0 Å². The van der Waals surface area contributed by atoms with Crippen LogP contribution in [0.5, 0.6) is 0 Å². The minimum absolute atomic E-state index is 0.163. The molecule has 0 radical (unpaired) electrons. The van der Waals surface area contributed by atoms with Crippen LogP contribution >= 0.6 is 0 Å². The molecule has 0 aromatic carbocycles. The molecule has 0 atom stereocenters. The molecule has 82 valence electrons. The Morgan fingerprint density at radius 3 is 2.60 bits per heavy atom. The minimum atomic E-state index is -0.163. The number of aryl methyl sites for hydroxylation is 1. The van der Waals surface area contributed by atoms with E-state index < -0.39 is 0 Å². The van der Waals surface area contributed by atoms with E-state index in [-0.39, 0.29) is 5.54 Å². The fourth-order valence-corrected chi connectivity index (χ4v) is 1.24. The summed E-state index contributed by atoms with van der Waals surface area (Å²) in [5, 5.41) is 0. The van der Waals surface area contributed by atoms with Gasteiger partial charge in [-0.3, -0.25) is 9.98 Å². The zero-order chi connectivity index (χ0) is 11.5. The molecule has 4 nitrogen and oxygen atoms in total. The van der Waals surface area contributed by atoms with Crippen molar-refractivity contribution in [3.63, 3.8) is 0 Å². The smallest absolute Gasteiger partial charge is 0.144 e. The second-order valence-corrected chi connectivity index (χ2v) is 4.41. The maximum atomic E-state index is 5.47. The van der Waals surface area contributed by atoms with Crippen molar-refractivity contribution < 1.29 is 0 Å². The number of hydrazine groups is 1. The molecule has 0 saturated carbocycles. The highest BCUT2D eigenvalue weighted by atomic mass is 15.3. The van der Waals surface area contributed by atoms with Crippen molar-refractivity contribution >= 4 is 5.84 Å². The largest absolute Gasteiger partial charge is 0.308 e. The van der Waals surface area contributed by atoms with Crippen molar-refractivity contribution in [3.8, 4) is 0 Å². The van der Waals surface area contributed by atoms with Gasteiger partial charge >= 0.3 is 0 Å². The first-order valence-corrected chi connectivity index (χ1v) is 4.92. The van der Waals surface area contributed by atoms with Crippen molar-refractivity contribution in [3.05, 3.63) is 29.6 Å². The quantitative estimate of drug-likeness (QED) is 0.316. The third-order valence-electron chi connectivity index (χ3n) is 1.85. The molecule has 1 aromatic heterocycles. The average Bonchev–Trinajstić information content (AvgIpc) is 2.14. The molecule has 0 unspecified atom stereocenters. The first-order chi connectivity index (χ1) is 6.94. The molecule has 1 aromatic rings. The number of amidine groups is 1. The molecule has 0 bridgehead atoms. The van der Waals surface area contributed by atoms with E-state index in [4.69, 9.17) is 5.84 Å². The standard InChI is InChI=1S/C11H18N4/c1-8-9(6-5-7-13-8)10(15-12)14-11(2,3)4/h5-7H,12H2,1-4H3,(H,14,15). The fourth-order valence-electron chi connectivity index (χ4n) is 1.24. The Labute approximate surface area is 90.6 Å². The Kier molecular flexibility index (Phi) is 3.42. The van der Waals surface area contributed by atoms with E-state index in [1.165, 1.54) is 0 Å². The zero-order valence-corrected chi connectivity index (χ0v) is 9.70. The Hall–Kier alpha value is -1.42. The number of nitrogens with two attached hydrogens (primary N) is 1. The normalized spacial score (nSPS) is 12.7. The highest BCUT2D eigenvalue weighted by molar-refractivity contribution is 5.99. The maximum absolute atomic E-state index is 5.47. The van der Waals surface area contributed by atoms with E-state index >= 15 is 0 Å². The van der Waals surface area contributed by atoms with Gasteiger partial charge < -0.3 is 5.43 Å². The predicted molar refractivity (Wildman–Crippen MR) is 62.6 cm³/mol. The summed E-state index contributed by atoms with van der Waals surface area (Å²) in [6.07, 6.45) is 1.75. The number of pyridine rings is 1. The average molecular weight is 206 g/mol. The van der Waals surface area contributed by atoms with E-state index in [0.717, 1.165) is 11.3 Å². The molecular formula is C11H18N4. The fraction of sp³-hybridized carbons (Fsp3) is 0.455. The van der Waals surface area contributed by atoms with Crippen LogP contribution in [0.4, 0.5) is 0 Å². The number of aliphatic imine (C=N–C) groups is 1. The summed E-state index contributed by atoms with van der Waals surface area (Å²) in [5.74, 6) is 6.15. The van der Waals surface area contributed by atoms with Gasteiger partial charge in [0.1, 0.15) is 5.84 Å². The predicted octanol–water partition coefficient (Wildman–Crippen LogP) is 1.40. The molecule has 0 amide bonds. The summed E-state index contributed by atoms with van der Waals surface area (Å²) >= 11 is 0. The van der Waals surface area contributed by atoms with Crippen LogP contribution in [0, 0.1) is 6.92 Å². The first-order valence-electron chi connectivity index (χ1n) is 4.92. The first kappa shape index (κ1) is 11.7. The van der Waals surface area contributed by atoms with Crippen molar-refractivity contribution in [1.29, 1.82) is 0 Å². The number of hydrogen-bond acceptors (Lipinski definition) is 3. The molecule has 0 aliphatic heterocycles. The van der Waals surface area contributed by atoms with Crippen molar-refractivity contribution in [1.82, 2.24) is 10.4 Å². The molecular weight excluding hydrogens is 188 g/mol. The monoisotopic (exact) mass is 206 g/mol. The van der Waals surface area contributed by atoms with Crippen LogP contribution in [0.1, 0.15) is 32.0 Å². The minimum Gasteiger partial charge on any atom is -0.308 e. The van der Waals surface area contributed by atoms with Gasteiger partial charge in [0.15, 0.2) is 0 Å². The highest BCUT2D eigenvalue weighted by Crippen LogP contribution is 2.11. The summed E-state index contributed by atoms with van der Waals surface area (Å²) in [4.78, 5) is 8.70. The lowest BCUT2D eigenvalue weighted by Crippen LogP contribution is -2.34. The van der Waals surface area contributed by atoms with Crippen LogP contribution < -0.4 is 11.3 Å². The van der Waals surface area contributed by atoms with Crippen molar-refractivity contribution in [2.24, 2.45) is 10.8 Å². The Morgan fingerprint density at radius 2 is 2.13 bits per heavy atom. The molecule has 0 spiro atoms. The zero-order valence-electron chi connectivity index (χ0n) is 9.70. The van der Waals surface area contributed by atoms with Gasteiger partial charge in [-0.25, -0.2) is 5.84 Å². The van der Waals surface area contributed by atoms with E-state index in [2.05, 4.69) is 15.4 Å². The molecule has 0 aliphatic carbocycles.